The van der Waals surface area contributed by atoms with Crippen molar-refractivity contribution in [2.75, 3.05) is 5.32 Å². The van der Waals surface area contributed by atoms with Crippen LogP contribution in [0.1, 0.15) is 25.0 Å². The van der Waals surface area contributed by atoms with Gasteiger partial charge in [-0.15, -0.1) is 0 Å². The lowest BCUT2D eigenvalue weighted by atomic mass is 10.1. The van der Waals surface area contributed by atoms with E-state index in [1.54, 1.807) is 24.3 Å². The lowest BCUT2D eigenvalue weighted by Gasteiger charge is -2.07. The quantitative estimate of drug-likeness (QED) is 0.310. The molecule has 2 aromatic rings. The van der Waals surface area contributed by atoms with Gasteiger partial charge in [-0.3, -0.25) is 10.2 Å². The molecule has 0 heterocycles. The van der Waals surface area contributed by atoms with E-state index in [1.807, 2.05) is 26.0 Å². The number of halogens is 1. The van der Waals surface area contributed by atoms with Crippen LogP contribution in [-0.2, 0) is 11.3 Å². The number of amides is 1. The van der Waals surface area contributed by atoms with E-state index in [9.17, 15) is 9.18 Å². The van der Waals surface area contributed by atoms with Crippen LogP contribution in [-0.4, -0.2) is 12.2 Å². The van der Waals surface area contributed by atoms with E-state index in [-0.39, 0.29) is 11.7 Å². The van der Waals surface area contributed by atoms with Crippen molar-refractivity contribution < 1.29 is 9.18 Å². The Labute approximate surface area is 152 Å². The van der Waals surface area contributed by atoms with Crippen LogP contribution in [0.5, 0.6) is 0 Å². The first-order valence-electron chi connectivity index (χ1n) is 7.89. The third-order valence-electron chi connectivity index (χ3n) is 3.42. The summed E-state index contributed by atoms with van der Waals surface area (Å²) < 4.78 is 12.5. The Balaban J connectivity index is 0.000000260. The molecule has 7 heteroatoms. The van der Waals surface area contributed by atoms with Crippen molar-refractivity contribution in [3.63, 3.8) is 0 Å². The average Bonchev–Trinajstić information content (AvgIpc) is 2.62. The van der Waals surface area contributed by atoms with Gasteiger partial charge in [0, 0.05) is 29.2 Å². The second kappa shape index (κ2) is 10.5. The molecule has 0 saturated carbocycles. The number of anilines is 1. The summed E-state index contributed by atoms with van der Waals surface area (Å²) in [7, 11) is 0. The van der Waals surface area contributed by atoms with E-state index >= 15 is 0 Å². The van der Waals surface area contributed by atoms with E-state index in [0.29, 0.717) is 18.5 Å². The van der Waals surface area contributed by atoms with Crippen molar-refractivity contribution in [1.29, 1.82) is 5.41 Å². The molecule has 0 aliphatic rings. The average molecular weight is 357 g/mol. The van der Waals surface area contributed by atoms with Crippen molar-refractivity contribution >= 4 is 17.9 Å². The molecule has 0 atom stereocenters. The van der Waals surface area contributed by atoms with Crippen LogP contribution >= 0.6 is 0 Å². The number of carbonyl (C=O) groups is 1. The van der Waals surface area contributed by atoms with Crippen LogP contribution in [0, 0.1) is 11.2 Å². The zero-order chi connectivity index (χ0) is 19.5. The molecule has 0 unspecified atom stereocenters. The van der Waals surface area contributed by atoms with Gasteiger partial charge < -0.3 is 22.1 Å². The first kappa shape index (κ1) is 20.7. The van der Waals surface area contributed by atoms with Crippen LogP contribution in [0.3, 0.4) is 0 Å². The Morgan fingerprint density at radius 1 is 1.08 bits per heavy atom. The lowest BCUT2D eigenvalue weighted by molar-refractivity contribution is -0.109. The highest BCUT2D eigenvalue weighted by atomic mass is 19.1. The maximum Gasteiger partial charge on any atom is 0.207 e. The van der Waals surface area contributed by atoms with Crippen molar-refractivity contribution in [2.45, 2.75) is 20.4 Å². The summed E-state index contributed by atoms with van der Waals surface area (Å²) >= 11 is 0. The second-order valence-electron chi connectivity index (χ2n) is 5.55. The van der Waals surface area contributed by atoms with Gasteiger partial charge >= 0.3 is 0 Å². The SMILES string of the molecule is C/C(N)=C(\C)Nc1ccc(F)cc1.N=C(N)c1ccc(CNC=O)cc1. The molecule has 1 amide bonds. The molecule has 0 aromatic heterocycles. The number of nitrogens with two attached hydrogens (primary N) is 2. The van der Waals surface area contributed by atoms with Gasteiger partial charge in [0.25, 0.3) is 0 Å². The molecule has 0 aliphatic carbocycles. The predicted molar refractivity (Wildman–Crippen MR) is 103 cm³/mol. The van der Waals surface area contributed by atoms with Gasteiger partial charge in [0.15, 0.2) is 0 Å². The van der Waals surface area contributed by atoms with Crippen LogP contribution < -0.4 is 22.1 Å². The first-order valence-corrected chi connectivity index (χ1v) is 7.89. The Morgan fingerprint density at radius 3 is 2.12 bits per heavy atom. The number of nitrogens with one attached hydrogen (secondary N) is 3. The van der Waals surface area contributed by atoms with Crippen molar-refractivity contribution in [2.24, 2.45) is 11.5 Å². The normalized spacial score (nSPS) is 10.7. The molecule has 6 nitrogen and oxygen atoms in total. The fraction of sp³-hybridized carbons (Fsp3) is 0.158. The summed E-state index contributed by atoms with van der Waals surface area (Å²) in [5.74, 6) is -0.188. The second-order valence-corrected chi connectivity index (χ2v) is 5.55. The van der Waals surface area contributed by atoms with E-state index < -0.39 is 0 Å². The number of nitrogen functional groups attached to an aromatic ring is 1. The summed E-state index contributed by atoms with van der Waals surface area (Å²) in [5.41, 5.74) is 14.9. The minimum Gasteiger partial charge on any atom is -0.401 e. The Morgan fingerprint density at radius 2 is 1.65 bits per heavy atom. The summed E-state index contributed by atoms with van der Waals surface area (Å²) in [6.45, 7) is 4.19. The molecule has 0 bridgehead atoms. The molecular weight excluding hydrogens is 333 g/mol. The highest BCUT2D eigenvalue weighted by Gasteiger charge is 1.96. The van der Waals surface area contributed by atoms with E-state index in [1.165, 1.54) is 12.1 Å². The highest BCUT2D eigenvalue weighted by molar-refractivity contribution is 5.94. The molecule has 0 spiro atoms. The van der Waals surface area contributed by atoms with Gasteiger partial charge in [-0.2, -0.15) is 0 Å². The summed E-state index contributed by atoms with van der Waals surface area (Å²) in [6.07, 6.45) is 0.652. The van der Waals surface area contributed by atoms with Gasteiger partial charge in [-0.05, 0) is 43.7 Å². The summed E-state index contributed by atoms with van der Waals surface area (Å²) in [5, 5.41) is 12.8. The summed E-state index contributed by atoms with van der Waals surface area (Å²) in [6, 6.07) is 13.3. The number of amidine groups is 1. The lowest BCUT2D eigenvalue weighted by Crippen LogP contribution is -2.12. The number of hydrogen-bond acceptors (Lipinski definition) is 4. The Bertz CT molecular complexity index is 751. The smallest absolute Gasteiger partial charge is 0.207 e. The molecule has 2 aromatic carbocycles. The highest BCUT2D eigenvalue weighted by Crippen LogP contribution is 2.11. The third kappa shape index (κ3) is 7.48. The molecule has 2 rings (SSSR count). The monoisotopic (exact) mass is 357 g/mol. The minimum absolute atomic E-state index is 0.0508. The zero-order valence-electron chi connectivity index (χ0n) is 14.8. The Hall–Kier alpha value is -3.35. The van der Waals surface area contributed by atoms with E-state index in [4.69, 9.17) is 16.9 Å². The number of rotatable bonds is 6. The predicted octanol–water partition coefficient (Wildman–Crippen LogP) is 2.66. The van der Waals surface area contributed by atoms with Crippen molar-refractivity contribution in [1.82, 2.24) is 5.32 Å². The van der Waals surface area contributed by atoms with Gasteiger partial charge in [-0.1, -0.05) is 24.3 Å². The van der Waals surface area contributed by atoms with Gasteiger partial charge in [0.05, 0.1) is 0 Å². The fourth-order valence-corrected chi connectivity index (χ4v) is 1.81. The van der Waals surface area contributed by atoms with Crippen LogP contribution in [0.4, 0.5) is 10.1 Å². The standard InChI is InChI=1S/C10H13FN2.C9H11N3O/c1-7(12)8(2)13-10-5-3-9(11)4-6-10;10-9(11)8-3-1-7(2-4-8)5-12-6-13/h3-6,13H,12H2,1-2H3;1-4,6H,5H2,(H3,10,11)(H,12,13)/b8-7-;. The van der Waals surface area contributed by atoms with Gasteiger partial charge in [-0.25, -0.2) is 4.39 Å². The molecule has 0 aliphatic heterocycles. The number of hydrogen-bond donors (Lipinski definition) is 5. The summed E-state index contributed by atoms with van der Waals surface area (Å²) in [4.78, 5) is 9.99. The number of benzene rings is 2. The zero-order valence-corrected chi connectivity index (χ0v) is 14.8. The topological polar surface area (TPSA) is 117 Å². The number of allylic oxidation sites excluding steroid dienone is 2. The van der Waals surface area contributed by atoms with Crippen molar-refractivity contribution in [3.05, 3.63) is 76.9 Å². The number of carbonyl (C=O) groups excluding carboxylic acids is 1. The first-order chi connectivity index (χ1) is 12.3. The molecule has 7 N–H and O–H groups in total. The van der Waals surface area contributed by atoms with E-state index in [0.717, 1.165) is 22.6 Å². The molecule has 138 valence electrons. The molecule has 0 saturated heterocycles. The van der Waals surface area contributed by atoms with E-state index in [2.05, 4.69) is 10.6 Å². The van der Waals surface area contributed by atoms with Crippen LogP contribution in [0.15, 0.2) is 59.9 Å². The van der Waals surface area contributed by atoms with Crippen LogP contribution in [0.2, 0.25) is 0 Å². The maximum atomic E-state index is 12.5. The maximum absolute atomic E-state index is 12.5. The molecule has 26 heavy (non-hydrogen) atoms. The van der Waals surface area contributed by atoms with Gasteiger partial charge in [0.2, 0.25) is 6.41 Å². The largest absolute Gasteiger partial charge is 0.401 e. The van der Waals surface area contributed by atoms with Crippen LogP contribution in [0.25, 0.3) is 0 Å². The molecule has 0 radical (unpaired) electrons. The Kier molecular flexibility index (Phi) is 8.36. The fourth-order valence-electron chi connectivity index (χ4n) is 1.81. The molecular formula is C19H24FN5O. The third-order valence-corrected chi connectivity index (χ3v) is 3.42. The minimum atomic E-state index is -0.239. The molecule has 0 fully saturated rings. The van der Waals surface area contributed by atoms with Crippen molar-refractivity contribution in [3.8, 4) is 0 Å². The van der Waals surface area contributed by atoms with Gasteiger partial charge in [0.1, 0.15) is 11.7 Å².